The predicted molar refractivity (Wildman–Crippen MR) is 74.8 cm³/mol. The first-order valence-corrected chi connectivity index (χ1v) is 6.42. The summed E-state index contributed by atoms with van der Waals surface area (Å²) in [7, 11) is 1.58. The molecular formula is C11H19BrN4O2. The Labute approximate surface area is 115 Å². The Bertz CT molecular complexity index is 453. The number of halogens is 1. The van der Waals surface area contributed by atoms with Crippen LogP contribution >= 0.6 is 15.9 Å². The molecule has 1 aromatic rings. The van der Waals surface area contributed by atoms with Crippen LogP contribution in [0.15, 0.2) is 15.5 Å². The molecule has 0 aliphatic heterocycles. The van der Waals surface area contributed by atoms with Crippen molar-refractivity contribution in [3.63, 3.8) is 0 Å². The molecule has 102 valence electrons. The van der Waals surface area contributed by atoms with Crippen LogP contribution in [0.5, 0.6) is 0 Å². The quantitative estimate of drug-likeness (QED) is 0.810. The molecule has 0 aliphatic rings. The van der Waals surface area contributed by atoms with Crippen molar-refractivity contribution in [3.8, 4) is 0 Å². The standard InChI is InChI=1S/C11H19BrN4O2/c1-11(2,13)7-14-8-6-15-16(4-5-18-3)10(17)9(8)12/h6,14H,4-5,7,13H2,1-3H3. The summed E-state index contributed by atoms with van der Waals surface area (Å²) in [6.45, 7) is 5.23. The maximum Gasteiger partial charge on any atom is 0.283 e. The maximum atomic E-state index is 11.9. The SMILES string of the molecule is COCCn1ncc(NCC(C)(C)N)c(Br)c1=O. The van der Waals surface area contributed by atoms with Gasteiger partial charge in [0.25, 0.3) is 5.56 Å². The number of hydrogen-bond donors (Lipinski definition) is 2. The van der Waals surface area contributed by atoms with Crippen molar-refractivity contribution in [2.45, 2.75) is 25.9 Å². The highest BCUT2D eigenvalue weighted by Crippen LogP contribution is 2.16. The van der Waals surface area contributed by atoms with Gasteiger partial charge in [0, 0.05) is 19.2 Å². The van der Waals surface area contributed by atoms with E-state index in [9.17, 15) is 4.79 Å². The number of hydrogen-bond acceptors (Lipinski definition) is 5. The van der Waals surface area contributed by atoms with Crippen LogP contribution in [0.25, 0.3) is 0 Å². The Morgan fingerprint density at radius 2 is 2.28 bits per heavy atom. The van der Waals surface area contributed by atoms with Gasteiger partial charge in [0.15, 0.2) is 0 Å². The minimum atomic E-state index is -0.357. The zero-order valence-corrected chi connectivity index (χ0v) is 12.5. The van der Waals surface area contributed by atoms with E-state index in [0.717, 1.165) is 0 Å². The van der Waals surface area contributed by atoms with Crippen LogP contribution < -0.4 is 16.6 Å². The van der Waals surface area contributed by atoms with Crippen LogP contribution in [0.1, 0.15) is 13.8 Å². The van der Waals surface area contributed by atoms with Crippen molar-refractivity contribution in [1.82, 2.24) is 9.78 Å². The smallest absolute Gasteiger partial charge is 0.283 e. The van der Waals surface area contributed by atoms with E-state index in [-0.39, 0.29) is 11.1 Å². The predicted octanol–water partition coefficient (Wildman–Crippen LogP) is 0.801. The lowest BCUT2D eigenvalue weighted by molar-refractivity contribution is 0.181. The molecule has 0 aromatic carbocycles. The number of anilines is 1. The minimum Gasteiger partial charge on any atom is -0.383 e. The summed E-state index contributed by atoms with van der Waals surface area (Å²) in [5, 5.41) is 7.17. The molecule has 18 heavy (non-hydrogen) atoms. The molecule has 1 aromatic heterocycles. The van der Waals surface area contributed by atoms with Gasteiger partial charge in [-0.1, -0.05) is 0 Å². The lowest BCUT2D eigenvalue weighted by Crippen LogP contribution is -2.40. The summed E-state index contributed by atoms with van der Waals surface area (Å²) in [6, 6.07) is 0. The van der Waals surface area contributed by atoms with Crippen molar-refractivity contribution < 1.29 is 4.74 Å². The molecule has 0 amide bonds. The Hall–Kier alpha value is -0.920. The number of nitrogens with one attached hydrogen (secondary N) is 1. The third-order valence-electron chi connectivity index (χ3n) is 2.23. The van der Waals surface area contributed by atoms with Gasteiger partial charge in [-0.05, 0) is 29.8 Å². The Balaban J connectivity index is 2.84. The average molecular weight is 319 g/mol. The minimum absolute atomic E-state index is 0.188. The van der Waals surface area contributed by atoms with Crippen LogP contribution in [0.3, 0.4) is 0 Å². The zero-order valence-electron chi connectivity index (χ0n) is 10.9. The summed E-state index contributed by atoms with van der Waals surface area (Å²) in [5.74, 6) is 0. The number of rotatable bonds is 6. The van der Waals surface area contributed by atoms with Gasteiger partial charge in [-0.25, -0.2) is 4.68 Å². The van der Waals surface area contributed by atoms with Crippen molar-refractivity contribution >= 4 is 21.6 Å². The number of ether oxygens (including phenoxy) is 1. The molecule has 0 saturated carbocycles. The molecule has 0 spiro atoms. The van der Waals surface area contributed by atoms with E-state index in [1.54, 1.807) is 13.3 Å². The molecular weight excluding hydrogens is 300 g/mol. The van der Waals surface area contributed by atoms with Crippen LogP contribution in [-0.2, 0) is 11.3 Å². The van der Waals surface area contributed by atoms with Gasteiger partial charge in [0.05, 0.1) is 25.0 Å². The maximum absolute atomic E-state index is 11.9. The Morgan fingerprint density at radius 3 is 2.83 bits per heavy atom. The monoisotopic (exact) mass is 318 g/mol. The summed E-state index contributed by atoms with van der Waals surface area (Å²) in [5.41, 5.74) is 5.97. The molecule has 0 unspecified atom stereocenters. The van der Waals surface area contributed by atoms with Gasteiger partial charge in [0.1, 0.15) is 4.47 Å². The Morgan fingerprint density at radius 1 is 1.61 bits per heavy atom. The van der Waals surface area contributed by atoms with Crippen molar-refractivity contribution in [2.75, 3.05) is 25.6 Å². The van der Waals surface area contributed by atoms with Gasteiger partial charge < -0.3 is 15.8 Å². The fraction of sp³-hybridized carbons (Fsp3) is 0.636. The highest BCUT2D eigenvalue weighted by atomic mass is 79.9. The van der Waals surface area contributed by atoms with E-state index in [2.05, 4.69) is 26.3 Å². The fourth-order valence-electron chi connectivity index (χ4n) is 1.25. The van der Waals surface area contributed by atoms with E-state index in [1.807, 2.05) is 13.8 Å². The van der Waals surface area contributed by atoms with Crippen LogP contribution in [0.2, 0.25) is 0 Å². The van der Waals surface area contributed by atoms with Gasteiger partial charge in [-0.15, -0.1) is 0 Å². The third-order valence-corrected chi connectivity index (χ3v) is 2.99. The van der Waals surface area contributed by atoms with Gasteiger partial charge in [-0.2, -0.15) is 5.10 Å². The van der Waals surface area contributed by atoms with E-state index < -0.39 is 0 Å². The number of methoxy groups -OCH3 is 1. The van der Waals surface area contributed by atoms with E-state index in [4.69, 9.17) is 10.5 Å². The number of nitrogens with zero attached hydrogens (tertiary/aromatic N) is 2. The molecule has 0 aliphatic carbocycles. The summed E-state index contributed by atoms with van der Waals surface area (Å²) < 4.78 is 6.73. The fourth-order valence-corrected chi connectivity index (χ4v) is 1.70. The number of aromatic nitrogens is 2. The second-order valence-corrected chi connectivity index (χ2v) is 5.53. The van der Waals surface area contributed by atoms with Crippen LogP contribution in [0, 0.1) is 0 Å². The molecule has 0 radical (unpaired) electrons. The first-order valence-electron chi connectivity index (χ1n) is 5.62. The molecule has 0 saturated heterocycles. The molecule has 1 heterocycles. The normalized spacial score (nSPS) is 11.6. The summed E-state index contributed by atoms with van der Waals surface area (Å²) in [6.07, 6.45) is 1.60. The molecule has 3 N–H and O–H groups in total. The highest BCUT2D eigenvalue weighted by Gasteiger charge is 2.13. The second kappa shape index (κ2) is 6.31. The molecule has 0 bridgehead atoms. The van der Waals surface area contributed by atoms with Gasteiger partial charge in [0.2, 0.25) is 0 Å². The Kier molecular flexibility index (Phi) is 5.30. The first kappa shape index (κ1) is 15.1. The summed E-state index contributed by atoms with van der Waals surface area (Å²) >= 11 is 3.27. The highest BCUT2D eigenvalue weighted by molar-refractivity contribution is 9.10. The molecule has 1 rings (SSSR count). The third kappa shape index (κ3) is 4.40. The lowest BCUT2D eigenvalue weighted by Gasteiger charge is -2.20. The number of nitrogens with two attached hydrogens (primary N) is 1. The second-order valence-electron chi connectivity index (χ2n) is 4.74. The average Bonchev–Trinajstić information content (AvgIpc) is 2.28. The summed E-state index contributed by atoms with van der Waals surface area (Å²) in [4.78, 5) is 11.9. The van der Waals surface area contributed by atoms with Gasteiger partial charge in [-0.3, -0.25) is 4.79 Å². The van der Waals surface area contributed by atoms with E-state index in [1.165, 1.54) is 4.68 Å². The molecule has 0 atom stereocenters. The van der Waals surface area contributed by atoms with Crippen molar-refractivity contribution in [2.24, 2.45) is 5.73 Å². The van der Waals surface area contributed by atoms with E-state index in [0.29, 0.717) is 29.9 Å². The topological polar surface area (TPSA) is 82.2 Å². The van der Waals surface area contributed by atoms with Crippen LogP contribution in [-0.4, -0.2) is 35.6 Å². The van der Waals surface area contributed by atoms with E-state index >= 15 is 0 Å². The first-order chi connectivity index (χ1) is 8.35. The molecule has 6 nitrogen and oxygen atoms in total. The van der Waals surface area contributed by atoms with Gasteiger partial charge >= 0.3 is 0 Å². The van der Waals surface area contributed by atoms with Crippen molar-refractivity contribution in [1.29, 1.82) is 0 Å². The van der Waals surface area contributed by atoms with Crippen molar-refractivity contribution in [3.05, 3.63) is 21.0 Å². The molecule has 0 fully saturated rings. The molecule has 7 heteroatoms. The zero-order chi connectivity index (χ0) is 13.8. The largest absolute Gasteiger partial charge is 0.383 e. The van der Waals surface area contributed by atoms with Crippen LogP contribution in [0.4, 0.5) is 5.69 Å². The lowest BCUT2D eigenvalue weighted by atomic mass is 10.1.